The predicted octanol–water partition coefficient (Wildman–Crippen LogP) is 4.83. The van der Waals surface area contributed by atoms with Gasteiger partial charge in [0.1, 0.15) is 5.75 Å². The summed E-state index contributed by atoms with van der Waals surface area (Å²) in [5, 5.41) is 11.6. The van der Waals surface area contributed by atoms with Gasteiger partial charge in [0.2, 0.25) is 11.2 Å². The van der Waals surface area contributed by atoms with Gasteiger partial charge in [-0.25, -0.2) is 0 Å². The predicted molar refractivity (Wildman–Crippen MR) is 107 cm³/mol. The van der Waals surface area contributed by atoms with Crippen molar-refractivity contribution < 1.29 is 17.9 Å². The summed E-state index contributed by atoms with van der Waals surface area (Å²) in [5.41, 5.74) is 0.175. The Morgan fingerprint density at radius 2 is 1.90 bits per heavy atom. The van der Waals surface area contributed by atoms with Crippen molar-refractivity contribution in [1.29, 1.82) is 0 Å². The number of halogens is 4. The Balaban J connectivity index is 1.83. The minimum Gasteiger partial charge on any atom is -0.437 e. The third-order valence-corrected chi connectivity index (χ3v) is 4.72. The van der Waals surface area contributed by atoms with Gasteiger partial charge in [0.25, 0.3) is 5.56 Å². The number of aromatic nitrogens is 5. The highest BCUT2D eigenvalue weighted by atomic mass is 35.5. The molecule has 0 amide bonds. The molecule has 3 heterocycles. The highest BCUT2D eigenvalue weighted by Crippen LogP contribution is 2.38. The van der Waals surface area contributed by atoms with E-state index in [1.54, 1.807) is 6.20 Å². The monoisotopic (exact) mass is 449 g/mol. The number of hydrogen-bond acceptors (Lipinski definition) is 5. The second-order valence-corrected chi connectivity index (χ2v) is 7.01. The molecule has 0 saturated carbocycles. The lowest BCUT2D eigenvalue weighted by molar-refractivity contribution is -0.137. The van der Waals surface area contributed by atoms with Gasteiger partial charge in [-0.3, -0.25) is 4.79 Å². The van der Waals surface area contributed by atoms with E-state index in [-0.39, 0.29) is 22.5 Å². The first-order chi connectivity index (χ1) is 14.8. The van der Waals surface area contributed by atoms with E-state index < -0.39 is 11.7 Å². The van der Waals surface area contributed by atoms with Crippen LogP contribution < -0.4 is 10.3 Å². The molecule has 31 heavy (non-hydrogen) atoms. The summed E-state index contributed by atoms with van der Waals surface area (Å²) in [7, 11) is 0. The summed E-state index contributed by atoms with van der Waals surface area (Å²) in [4.78, 5) is 12.0. The highest BCUT2D eigenvalue weighted by molar-refractivity contribution is 6.28. The Bertz CT molecular complexity index is 1320. The average molecular weight is 450 g/mol. The van der Waals surface area contributed by atoms with Gasteiger partial charge in [-0.15, -0.1) is 15.3 Å². The van der Waals surface area contributed by atoms with Crippen LogP contribution in [-0.2, 0) is 12.7 Å². The summed E-state index contributed by atoms with van der Waals surface area (Å²) in [6, 6.07) is 9.04. The van der Waals surface area contributed by atoms with E-state index in [1.165, 1.54) is 39.4 Å². The van der Waals surface area contributed by atoms with Crippen LogP contribution in [0.25, 0.3) is 16.8 Å². The first-order valence-electron chi connectivity index (χ1n) is 9.24. The number of hydrogen-bond donors (Lipinski definition) is 0. The lowest BCUT2D eigenvalue weighted by atomic mass is 10.0. The maximum atomic E-state index is 13.3. The molecule has 160 valence electrons. The number of benzene rings is 1. The van der Waals surface area contributed by atoms with Crippen molar-refractivity contribution in [2.45, 2.75) is 26.1 Å². The van der Waals surface area contributed by atoms with Crippen molar-refractivity contribution in [2.75, 3.05) is 0 Å². The molecule has 0 spiro atoms. The molecule has 3 aromatic heterocycles. The number of fused-ring (bicyclic) bond motifs is 1. The molecule has 4 rings (SSSR count). The van der Waals surface area contributed by atoms with E-state index in [9.17, 15) is 18.0 Å². The van der Waals surface area contributed by atoms with Gasteiger partial charge < -0.3 is 9.30 Å². The molecule has 7 nitrogen and oxygen atoms in total. The van der Waals surface area contributed by atoms with Crippen molar-refractivity contribution in [1.82, 2.24) is 24.4 Å². The van der Waals surface area contributed by atoms with E-state index in [4.69, 9.17) is 16.3 Å². The number of pyridine rings is 1. The Labute approximate surface area is 178 Å². The topological polar surface area (TPSA) is 74.3 Å². The fourth-order valence-corrected chi connectivity index (χ4v) is 3.20. The van der Waals surface area contributed by atoms with E-state index in [0.29, 0.717) is 23.3 Å². The van der Waals surface area contributed by atoms with Gasteiger partial charge in [0, 0.05) is 36.0 Å². The fraction of sp³-hybridized carbons (Fsp3) is 0.200. The standard InChI is InChI=1S/C20H15ClF3N5O2/c1-2-9-28-11-12(3-8-18(28)30)14-5-4-13(20(22,23)24)10-15(14)31-17-7-6-16-25-26-19(21)29(16)27-17/h3-8,10-11H,2,9H2,1H3. The van der Waals surface area contributed by atoms with Crippen LogP contribution in [0.15, 0.2) is 53.5 Å². The van der Waals surface area contributed by atoms with Gasteiger partial charge in [-0.2, -0.15) is 17.7 Å². The Morgan fingerprint density at radius 1 is 1.10 bits per heavy atom. The zero-order chi connectivity index (χ0) is 22.2. The molecule has 0 atom stereocenters. The van der Waals surface area contributed by atoms with Crippen molar-refractivity contribution in [3.05, 3.63) is 69.9 Å². The Kier molecular flexibility index (Phi) is 5.40. The molecule has 1 aromatic carbocycles. The minimum absolute atomic E-state index is 0.00310. The maximum absolute atomic E-state index is 13.3. The summed E-state index contributed by atoms with van der Waals surface area (Å²) >= 11 is 5.91. The molecular formula is C20H15ClF3N5O2. The Hall–Kier alpha value is -3.40. The second kappa shape index (κ2) is 8.03. The zero-order valence-electron chi connectivity index (χ0n) is 16.1. The van der Waals surface area contributed by atoms with Crippen LogP contribution in [0.2, 0.25) is 5.28 Å². The first-order valence-corrected chi connectivity index (χ1v) is 9.62. The van der Waals surface area contributed by atoms with Crippen LogP contribution in [0.1, 0.15) is 18.9 Å². The maximum Gasteiger partial charge on any atom is 0.416 e. The van der Waals surface area contributed by atoms with Crippen molar-refractivity contribution in [3.63, 3.8) is 0 Å². The summed E-state index contributed by atoms with van der Waals surface area (Å²) < 4.78 is 48.4. The van der Waals surface area contributed by atoms with Gasteiger partial charge in [-0.05, 0) is 48.4 Å². The van der Waals surface area contributed by atoms with Gasteiger partial charge >= 0.3 is 6.18 Å². The molecular weight excluding hydrogens is 435 g/mol. The molecule has 0 saturated heterocycles. The molecule has 0 N–H and O–H groups in total. The average Bonchev–Trinajstić information content (AvgIpc) is 3.10. The number of rotatable bonds is 5. The van der Waals surface area contributed by atoms with Crippen LogP contribution >= 0.6 is 11.6 Å². The normalized spacial score (nSPS) is 11.8. The van der Waals surface area contributed by atoms with Crippen LogP contribution in [-0.4, -0.2) is 24.4 Å². The van der Waals surface area contributed by atoms with Crippen LogP contribution in [0.3, 0.4) is 0 Å². The Morgan fingerprint density at radius 3 is 2.65 bits per heavy atom. The quantitative estimate of drug-likeness (QED) is 0.436. The summed E-state index contributed by atoms with van der Waals surface area (Å²) in [6.45, 7) is 2.40. The third kappa shape index (κ3) is 4.24. The molecule has 0 fully saturated rings. The van der Waals surface area contributed by atoms with Crippen LogP contribution in [0, 0.1) is 0 Å². The van der Waals surface area contributed by atoms with E-state index in [2.05, 4.69) is 15.3 Å². The number of aryl methyl sites for hydroxylation is 1. The van der Waals surface area contributed by atoms with Crippen molar-refractivity contribution >= 4 is 17.2 Å². The molecule has 11 heteroatoms. The molecule has 4 aromatic rings. The van der Waals surface area contributed by atoms with E-state index in [0.717, 1.165) is 18.6 Å². The number of nitrogens with zero attached hydrogens (tertiary/aromatic N) is 5. The van der Waals surface area contributed by atoms with E-state index in [1.807, 2.05) is 6.92 Å². The summed E-state index contributed by atoms with van der Waals surface area (Å²) in [5.74, 6) is -0.0794. The number of ether oxygens (including phenoxy) is 1. The van der Waals surface area contributed by atoms with Crippen LogP contribution in [0.4, 0.5) is 13.2 Å². The molecule has 0 aliphatic rings. The minimum atomic E-state index is -4.56. The fourth-order valence-electron chi connectivity index (χ4n) is 3.04. The van der Waals surface area contributed by atoms with Crippen molar-refractivity contribution in [3.8, 4) is 22.8 Å². The smallest absolute Gasteiger partial charge is 0.416 e. The SMILES string of the molecule is CCCn1cc(-c2ccc(C(F)(F)F)cc2Oc2ccc3nnc(Cl)n3n2)ccc1=O. The molecule has 0 aliphatic carbocycles. The molecule has 0 radical (unpaired) electrons. The highest BCUT2D eigenvalue weighted by Gasteiger charge is 2.31. The number of alkyl halides is 3. The van der Waals surface area contributed by atoms with E-state index >= 15 is 0 Å². The molecule has 0 unspecified atom stereocenters. The lowest BCUT2D eigenvalue weighted by Crippen LogP contribution is -2.18. The second-order valence-electron chi connectivity index (χ2n) is 6.67. The largest absolute Gasteiger partial charge is 0.437 e. The molecule has 0 aliphatic heterocycles. The van der Waals surface area contributed by atoms with Crippen LogP contribution in [0.5, 0.6) is 11.6 Å². The summed E-state index contributed by atoms with van der Waals surface area (Å²) in [6.07, 6.45) is -2.25. The van der Waals surface area contributed by atoms with Crippen molar-refractivity contribution in [2.24, 2.45) is 0 Å². The van der Waals surface area contributed by atoms with Gasteiger partial charge in [0.15, 0.2) is 5.65 Å². The van der Waals surface area contributed by atoms with Gasteiger partial charge in [0.05, 0.1) is 5.56 Å². The van der Waals surface area contributed by atoms with Gasteiger partial charge in [-0.1, -0.05) is 6.92 Å². The first kappa shape index (κ1) is 20.9. The molecule has 0 bridgehead atoms. The lowest BCUT2D eigenvalue weighted by Gasteiger charge is -2.15. The zero-order valence-corrected chi connectivity index (χ0v) is 16.9. The third-order valence-electron chi connectivity index (χ3n) is 4.48.